The summed E-state index contributed by atoms with van der Waals surface area (Å²) in [7, 11) is 0. The quantitative estimate of drug-likeness (QED) is 0.534. The smallest absolute Gasteiger partial charge is 0.262 e. The third kappa shape index (κ3) is 2.99. The number of para-hydroxylation sites is 2. The number of piperidine rings is 1. The van der Waals surface area contributed by atoms with Crippen LogP contribution in [0.3, 0.4) is 0 Å². The predicted molar refractivity (Wildman–Crippen MR) is 106 cm³/mol. The molecule has 0 bridgehead atoms. The number of thiophene rings is 1. The molecule has 1 aliphatic rings. The molecule has 5 rings (SSSR count). The van der Waals surface area contributed by atoms with E-state index in [0.29, 0.717) is 23.3 Å². The third-order valence-corrected chi connectivity index (χ3v) is 6.08. The van der Waals surface area contributed by atoms with Gasteiger partial charge < -0.3 is 9.32 Å². The van der Waals surface area contributed by atoms with Crippen LogP contribution in [-0.2, 0) is 11.3 Å². The fourth-order valence-corrected chi connectivity index (χ4v) is 4.42. The first kappa shape index (κ1) is 17.1. The highest BCUT2D eigenvalue weighted by Crippen LogP contribution is 2.30. The van der Waals surface area contributed by atoms with Gasteiger partial charge in [0.25, 0.3) is 5.56 Å². The largest absolute Gasteiger partial charge is 0.440 e. The van der Waals surface area contributed by atoms with Crippen LogP contribution in [0.1, 0.15) is 24.7 Å². The Labute approximate surface area is 164 Å². The molecule has 4 aromatic rings. The van der Waals surface area contributed by atoms with E-state index in [1.807, 2.05) is 34.5 Å². The summed E-state index contributed by atoms with van der Waals surface area (Å²) in [6.45, 7) is 1.28. The Morgan fingerprint density at radius 1 is 1.21 bits per heavy atom. The molecule has 0 N–H and O–H groups in total. The molecule has 8 heteroatoms. The number of carbonyl (C=O) groups is 1. The second-order valence-corrected chi connectivity index (χ2v) is 7.89. The van der Waals surface area contributed by atoms with Gasteiger partial charge in [-0.2, -0.15) is 0 Å². The van der Waals surface area contributed by atoms with Gasteiger partial charge in [0.15, 0.2) is 11.5 Å². The molecule has 0 unspecified atom stereocenters. The summed E-state index contributed by atoms with van der Waals surface area (Å²) in [4.78, 5) is 36.5. The third-order valence-electron chi connectivity index (χ3n) is 5.26. The summed E-state index contributed by atoms with van der Waals surface area (Å²) in [5.41, 5.74) is 1.50. The SMILES string of the molecule is O=C(Cn1cnc2sccc2c1=O)N1CCC(c2nc3ccccc3o2)CC1. The lowest BCUT2D eigenvalue weighted by Gasteiger charge is -2.30. The van der Waals surface area contributed by atoms with Gasteiger partial charge in [-0.3, -0.25) is 14.2 Å². The van der Waals surface area contributed by atoms with Crippen LogP contribution < -0.4 is 5.56 Å². The minimum atomic E-state index is -0.166. The summed E-state index contributed by atoms with van der Waals surface area (Å²) < 4.78 is 7.27. The molecule has 1 fully saturated rings. The zero-order chi connectivity index (χ0) is 19.1. The Balaban J connectivity index is 1.26. The van der Waals surface area contributed by atoms with Gasteiger partial charge in [-0.15, -0.1) is 11.3 Å². The Bertz CT molecular complexity index is 1180. The maximum Gasteiger partial charge on any atom is 0.262 e. The van der Waals surface area contributed by atoms with Crippen LogP contribution in [0.15, 0.2) is 51.3 Å². The van der Waals surface area contributed by atoms with Gasteiger partial charge in [-0.25, -0.2) is 9.97 Å². The van der Waals surface area contributed by atoms with Crippen molar-refractivity contribution >= 4 is 38.6 Å². The standard InChI is InChI=1S/C20H18N4O3S/c25-17(11-24-12-21-19-14(20(24)26)7-10-28-19)23-8-5-13(6-9-23)18-22-15-3-1-2-4-16(15)27-18/h1-4,7,10,12-13H,5-6,8-9,11H2. The highest BCUT2D eigenvalue weighted by molar-refractivity contribution is 7.16. The zero-order valence-corrected chi connectivity index (χ0v) is 15.9. The van der Waals surface area contributed by atoms with E-state index in [9.17, 15) is 9.59 Å². The second-order valence-electron chi connectivity index (χ2n) is 6.99. The fourth-order valence-electron chi connectivity index (χ4n) is 3.69. The van der Waals surface area contributed by atoms with Crippen molar-refractivity contribution in [2.75, 3.05) is 13.1 Å². The number of benzene rings is 1. The first-order chi connectivity index (χ1) is 13.7. The first-order valence-electron chi connectivity index (χ1n) is 9.25. The lowest BCUT2D eigenvalue weighted by atomic mass is 9.97. The topological polar surface area (TPSA) is 81.2 Å². The lowest BCUT2D eigenvalue weighted by Crippen LogP contribution is -2.41. The van der Waals surface area contributed by atoms with Crippen molar-refractivity contribution in [2.45, 2.75) is 25.3 Å². The lowest BCUT2D eigenvalue weighted by molar-refractivity contribution is -0.133. The number of rotatable bonds is 3. The maximum absolute atomic E-state index is 12.7. The van der Waals surface area contributed by atoms with E-state index in [2.05, 4.69) is 9.97 Å². The molecule has 3 aromatic heterocycles. The molecule has 1 aliphatic heterocycles. The van der Waals surface area contributed by atoms with Crippen molar-refractivity contribution < 1.29 is 9.21 Å². The van der Waals surface area contributed by atoms with Crippen molar-refractivity contribution in [1.29, 1.82) is 0 Å². The molecule has 0 atom stereocenters. The molecule has 7 nitrogen and oxygen atoms in total. The highest BCUT2D eigenvalue weighted by Gasteiger charge is 2.27. The van der Waals surface area contributed by atoms with Gasteiger partial charge in [-0.05, 0) is 36.4 Å². The van der Waals surface area contributed by atoms with Gasteiger partial charge in [0.2, 0.25) is 5.91 Å². The van der Waals surface area contributed by atoms with Gasteiger partial charge in [0.05, 0.1) is 11.7 Å². The average Bonchev–Trinajstić information content (AvgIpc) is 3.37. The summed E-state index contributed by atoms with van der Waals surface area (Å²) in [5.74, 6) is 0.897. The van der Waals surface area contributed by atoms with Crippen LogP contribution >= 0.6 is 11.3 Å². The Hall–Kier alpha value is -3.00. The van der Waals surface area contributed by atoms with Gasteiger partial charge >= 0.3 is 0 Å². The van der Waals surface area contributed by atoms with Crippen molar-refractivity contribution in [3.63, 3.8) is 0 Å². The van der Waals surface area contributed by atoms with Crippen molar-refractivity contribution in [3.8, 4) is 0 Å². The summed E-state index contributed by atoms with van der Waals surface area (Å²) in [6, 6.07) is 9.49. The fraction of sp³-hybridized carbons (Fsp3) is 0.300. The molecule has 1 aromatic carbocycles. The normalized spacial score (nSPS) is 15.5. The summed E-state index contributed by atoms with van der Waals surface area (Å²) in [6.07, 6.45) is 3.06. The van der Waals surface area contributed by atoms with Crippen LogP contribution in [-0.4, -0.2) is 38.4 Å². The first-order valence-corrected chi connectivity index (χ1v) is 10.1. The Kier molecular flexibility index (Phi) is 4.20. The molecule has 0 saturated carbocycles. The van der Waals surface area contributed by atoms with Gasteiger partial charge in [0, 0.05) is 19.0 Å². The number of amides is 1. The molecule has 1 saturated heterocycles. The number of nitrogens with zero attached hydrogens (tertiary/aromatic N) is 4. The molecule has 0 radical (unpaired) electrons. The molecule has 4 heterocycles. The van der Waals surface area contributed by atoms with Gasteiger partial charge in [0.1, 0.15) is 16.9 Å². The van der Waals surface area contributed by atoms with Crippen molar-refractivity contribution in [2.24, 2.45) is 0 Å². The van der Waals surface area contributed by atoms with E-state index < -0.39 is 0 Å². The summed E-state index contributed by atoms with van der Waals surface area (Å²) >= 11 is 1.42. The van der Waals surface area contributed by atoms with E-state index in [-0.39, 0.29) is 23.9 Å². The van der Waals surface area contributed by atoms with E-state index in [1.54, 1.807) is 6.07 Å². The molecule has 28 heavy (non-hydrogen) atoms. The number of likely N-dealkylation sites (tertiary alicyclic amines) is 1. The highest BCUT2D eigenvalue weighted by atomic mass is 32.1. The van der Waals surface area contributed by atoms with Crippen molar-refractivity contribution in [3.05, 3.63) is 58.3 Å². The number of hydrogen-bond acceptors (Lipinski definition) is 6. The Morgan fingerprint density at radius 2 is 2.04 bits per heavy atom. The Morgan fingerprint density at radius 3 is 2.86 bits per heavy atom. The average molecular weight is 394 g/mol. The second kappa shape index (κ2) is 6.87. The van der Waals surface area contributed by atoms with Crippen LogP contribution in [0.2, 0.25) is 0 Å². The summed E-state index contributed by atoms with van der Waals surface area (Å²) in [5, 5.41) is 2.40. The van der Waals surface area contributed by atoms with Crippen LogP contribution in [0, 0.1) is 0 Å². The predicted octanol–water partition coefficient (Wildman–Crippen LogP) is 3.01. The monoisotopic (exact) mass is 394 g/mol. The molecular weight excluding hydrogens is 376 g/mol. The number of carbonyl (C=O) groups excluding carboxylic acids is 1. The molecule has 0 aliphatic carbocycles. The number of aromatic nitrogens is 3. The van der Waals surface area contributed by atoms with Crippen molar-refractivity contribution in [1.82, 2.24) is 19.4 Å². The van der Waals surface area contributed by atoms with E-state index in [0.717, 1.165) is 29.8 Å². The molecule has 0 spiro atoms. The van der Waals surface area contributed by atoms with Crippen LogP contribution in [0.5, 0.6) is 0 Å². The van der Waals surface area contributed by atoms with Crippen LogP contribution in [0.25, 0.3) is 21.3 Å². The minimum absolute atomic E-state index is 0.0190. The van der Waals surface area contributed by atoms with E-state index in [1.165, 1.54) is 22.2 Å². The number of oxazole rings is 1. The molecule has 142 valence electrons. The zero-order valence-electron chi connectivity index (χ0n) is 15.1. The molecular formula is C20H18N4O3S. The molecule has 1 amide bonds. The maximum atomic E-state index is 12.7. The van der Waals surface area contributed by atoms with E-state index in [4.69, 9.17) is 4.42 Å². The van der Waals surface area contributed by atoms with Crippen LogP contribution in [0.4, 0.5) is 0 Å². The number of fused-ring (bicyclic) bond motifs is 2. The van der Waals surface area contributed by atoms with Gasteiger partial charge in [-0.1, -0.05) is 12.1 Å². The van der Waals surface area contributed by atoms with E-state index >= 15 is 0 Å². The number of hydrogen-bond donors (Lipinski definition) is 0. The minimum Gasteiger partial charge on any atom is -0.440 e.